The molecular formula is C17H29NO3. The van der Waals surface area contributed by atoms with Crippen molar-refractivity contribution in [2.75, 3.05) is 0 Å². The van der Waals surface area contributed by atoms with E-state index < -0.39 is 11.5 Å². The average molecular weight is 295 g/mol. The van der Waals surface area contributed by atoms with Crippen molar-refractivity contribution in [2.45, 2.75) is 83.1 Å². The summed E-state index contributed by atoms with van der Waals surface area (Å²) in [4.78, 5) is 24.2. The highest BCUT2D eigenvalue weighted by Gasteiger charge is 2.43. The van der Waals surface area contributed by atoms with Crippen LogP contribution in [0.3, 0.4) is 0 Å². The third-order valence-electron chi connectivity index (χ3n) is 5.53. The minimum atomic E-state index is -1.00. The number of carbonyl (C=O) groups is 2. The van der Waals surface area contributed by atoms with Crippen LogP contribution in [0.1, 0.15) is 77.6 Å². The minimum Gasteiger partial charge on any atom is -0.480 e. The number of carbonyl (C=O) groups excluding carboxylic acids is 1. The zero-order valence-corrected chi connectivity index (χ0v) is 13.2. The molecule has 0 saturated heterocycles. The Hall–Kier alpha value is -1.06. The minimum absolute atomic E-state index is 0.0192. The van der Waals surface area contributed by atoms with Crippen molar-refractivity contribution in [3.05, 3.63) is 0 Å². The van der Waals surface area contributed by atoms with Crippen molar-refractivity contribution in [3.63, 3.8) is 0 Å². The number of carboxylic acids is 1. The number of amides is 1. The van der Waals surface area contributed by atoms with Crippen molar-refractivity contribution in [3.8, 4) is 0 Å². The van der Waals surface area contributed by atoms with Gasteiger partial charge in [-0.25, -0.2) is 4.79 Å². The van der Waals surface area contributed by atoms with Crippen molar-refractivity contribution >= 4 is 11.9 Å². The van der Waals surface area contributed by atoms with Crippen LogP contribution in [0.4, 0.5) is 0 Å². The second kappa shape index (κ2) is 7.28. The molecule has 2 saturated carbocycles. The highest BCUT2D eigenvalue weighted by molar-refractivity contribution is 5.88. The van der Waals surface area contributed by atoms with Crippen LogP contribution in [0.15, 0.2) is 0 Å². The lowest BCUT2D eigenvalue weighted by Crippen LogP contribution is -2.57. The molecule has 2 fully saturated rings. The SMILES string of the molecule is CCC1CCC(NC(=O)C2CCCCCC2)(C(=O)O)CC1. The number of hydrogen-bond donors (Lipinski definition) is 2. The molecule has 2 aliphatic carbocycles. The fourth-order valence-electron chi connectivity index (χ4n) is 3.85. The first-order chi connectivity index (χ1) is 10.1. The van der Waals surface area contributed by atoms with Gasteiger partial charge in [-0.05, 0) is 44.4 Å². The molecular weight excluding hydrogens is 266 g/mol. The zero-order valence-electron chi connectivity index (χ0n) is 13.2. The van der Waals surface area contributed by atoms with Gasteiger partial charge >= 0.3 is 5.97 Å². The molecule has 0 unspecified atom stereocenters. The van der Waals surface area contributed by atoms with Gasteiger partial charge in [-0.15, -0.1) is 0 Å². The Labute approximate surface area is 127 Å². The molecule has 2 N–H and O–H groups in total. The van der Waals surface area contributed by atoms with Crippen LogP contribution < -0.4 is 5.32 Å². The van der Waals surface area contributed by atoms with E-state index in [0.29, 0.717) is 18.8 Å². The standard InChI is InChI=1S/C17H29NO3/c1-2-13-9-11-17(12-10-13,16(20)21)18-15(19)14-7-5-3-4-6-8-14/h13-14H,2-12H2,1H3,(H,18,19)(H,20,21). The molecule has 1 amide bonds. The average Bonchev–Trinajstić information content (AvgIpc) is 2.77. The third kappa shape index (κ3) is 3.98. The lowest BCUT2D eigenvalue weighted by atomic mass is 9.75. The molecule has 0 bridgehead atoms. The third-order valence-corrected chi connectivity index (χ3v) is 5.53. The Bertz CT molecular complexity index is 364. The number of hydrogen-bond acceptors (Lipinski definition) is 2. The van der Waals surface area contributed by atoms with E-state index in [9.17, 15) is 14.7 Å². The summed E-state index contributed by atoms with van der Waals surface area (Å²) in [5, 5.41) is 12.6. The van der Waals surface area contributed by atoms with Crippen LogP contribution in [0.25, 0.3) is 0 Å². The Kier molecular flexibility index (Phi) is 5.65. The molecule has 2 aliphatic rings. The van der Waals surface area contributed by atoms with Gasteiger partial charge < -0.3 is 10.4 Å². The second-order valence-corrected chi connectivity index (χ2v) is 6.92. The summed E-state index contributed by atoms with van der Waals surface area (Å²) in [6.45, 7) is 2.16. The van der Waals surface area contributed by atoms with E-state index in [1.54, 1.807) is 0 Å². The maximum absolute atomic E-state index is 12.5. The number of rotatable bonds is 4. The first kappa shape index (κ1) is 16.3. The lowest BCUT2D eigenvalue weighted by molar-refractivity contribution is -0.150. The monoisotopic (exact) mass is 295 g/mol. The Morgan fingerprint density at radius 2 is 1.62 bits per heavy atom. The fourth-order valence-corrected chi connectivity index (χ4v) is 3.85. The summed E-state index contributed by atoms with van der Waals surface area (Å²) in [6.07, 6.45) is 10.5. The zero-order chi connectivity index (χ0) is 15.3. The van der Waals surface area contributed by atoms with Gasteiger partial charge in [0.1, 0.15) is 5.54 Å². The van der Waals surface area contributed by atoms with Gasteiger partial charge in [0, 0.05) is 5.92 Å². The van der Waals surface area contributed by atoms with Gasteiger partial charge in [-0.3, -0.25) is 4.79 Å². The van der Waals surface area contributed by atoms with E-state index >= 15 is 0 Å². The first-order valence-electron chi connectivity index (χ1n) is 8.63. The molecule has 4 heteroatoms. The predicted octanol–water partition coefficient (Wildman–Crippen LogP) is 3.50. The molecule has 0 aromatic rings. The summed E-state index contributed by atoms with van der Waals surface area (Å²) < 4.78 is 0. The lowest BCUT2D eigenvalue weighted by Gasteiger charge is -2.38. The van der Waals surface area contributed by atoms with Gasteiger partial charge in [0.2, 0.25) is 5.91 Å². The molecule has 0 radical (unpaired) electrons. The molecule has 4 nitrogen and oxygen atoms in total. The molecule has 0 aromatic carbocycles. The van der Waals surface area contributed by atoms with Crippen LogP contribution >= 0.6 is 0 Å². The van der Waals surface area contributed by atoms with Gasteiger partial charge in [0.15, 0.2) is 0 Å². The normalized spacial score (nSPS) is 31.4. The quantitative estimate of drug-likeness (QED) is 0.780. The maximum Gasteiger partial charge on any atom is 0.329 e. The van der Waals surface area contributed by atoms with E-state index in [4.69, 9.17) is 0 Å². The van der Waals surface area contributed by atoms with Gasteiger partial charge in [0.05, 0.1) is 0 Å². The van der Waals surface area contributed by atoms with Gasteiger partial charge in [-0.1, -0.05) is 39.0 Å². The molecule has 2 rings (SSSR count). The van der Waals surface area contributed by atoms with Crippen molar-refractivity contribution < 1.29 is 14.7 Å². The summed E-state index contributed by atoms with van der Waals surface area (Å²) in [5.41, 5.74) is -1.00. The number of nitrogens with one attached hydrogen (secondary N) is 1. The molecule has 0 aliphatic heterocycles. The Morgan fingerprint density at radius 1 is 1.05 bits per heavy atom. The molecule has 21 heavy (non-hydrogen) atoms. The molecule has 0 heterocycles. The molecule has 120 valence electrons. The van der Waals surface area contributed by atoms with Crippen molar-refractivity contribution in [2.24, 2.45) is 11.8 Å². The van der Waals surface area contributed by atoms with Crippen molar-refractivity contribution in [1.82, 2.24) is 5.32 Å². The van der Waals surface area contributed by atoms with E-state index in [0.717, 1.165) is 44.9 Å². The Morgan fingerprint density at radius 3 is 2.10 bits per heavy atom. The van der Waals surface area contributed by atoms with Crippen LogP contribution in [-0.4, -0.2) is 22.5 Å². The van der Waals surface area contributed by atoms with E-state index in [-0.39, 0.29) is 11.8 Å². The molecule has 0 spiro atoms. The number of aliphatic carboxylic acids is 1. The maximum atomic E-state index is 12.5. The predicted molar refractivity (Wildman–Crippen MR) is 82.0 cm³/mol. The summed E-state index contributed by atoms with van der Waals surface area (Å²) in [5.74, 6) is -0.229. The first-order valence-corrected chi connectivity index (χ1v) is 8.63. The second-order valence-electron chi connectivity index (χ2n) is 6.92. The van der Waals surface area contributed by atoms with E-state index in [1.165, 1.54) is 12.8 Å². The van der Waals surface area contributed by atoms with E-state index in [1.807, 2.05) is 0 Å². The van der Waals surface area contributed by atoms with Crippen LogP contribution in [0, 0.1) is 11.8 Å². The smallest absolute Gasteiger partial charge is 0.329 e. The van der Waals surface area contributed by atoms with Crippen LogP contribution in [0.2, 0.25) is 0 Å². The molecule has 0 atom stereocenters. The topological polar surface area (TPSA) is 66.4 Å². The van der Waals surface area contributed by atoms with Crippen LogP contribution in [0.5, 0.6) is 0 Å². The van der Waals surface area contributed by atoms with E-state index in [2.05, 4.69) is 12.2 Å². The highest BCUT2D eigenvalue weighted by atomic mass is 16.4. The van der Waals surface area contributed by atoms with Crippen LogP contribution in [-0.2, 0) is 9.59 Å². The Balaban J connectivity index is 1.99. The number of carboxylic acid groups (broad SMARTS) is 1. The molecule has 0 aromatic heterocycles. The fraction of sp³-hybridized carbons (Fsp3) is 0.882. The van der Waals surface area contributed by atoms with Gasteiger partial charge in [-0.2, -0.15) is 0 Å². The van der Waals surface area contributed by atoms with Gasteiger partial charge in [0.25, 0.3) is 0 Å². The summed E-state index contributed by atoms with van der Waals surface area (Å²) in [7, 11) is 0. The summed E-state index contributed by atoms with van der Waals surface area (Å²) in [6, 6.07) is 0. The summed E-state index contributed by atoms with van der Waals surface area (Å²) >= 11 is 0. The highest BCUT2D eigenvalue weighted by Crippen LogP contribution is 2.35. The largest absolute Gasteiger partial charge is 0.480 e. The van der Waals surface area contributed by atoms with Crippen molar-refractivity contribution in [1.29, 1.82) is 0 Å².